The minimum atomic E-state index is 0.141. The smallest absolute Gasteiger partial charge is 0.223 e. The summed E-state index contributed by atoms with van der Waals surface area (Å²) in [5, 5.41) is 3.20. The molecular formula is C20H34BrN3O+2. The van der Waals surface area contributed by atoms with Crippen molar-refractivity contribution in [2.24, 2.45) is 11.3 Å². The lowest BCUT2D eigenvalue weighted by atomic mass is 9.91. The van der Waals surface area contributed by atoms with E-state index in [2.05, 4.69) is 73.5 Å². The van der Waals surface area contributed by atoms with Gasteiger partial charge in [0.15, 0.2) is 0 Å². The second-order valence-electron chi connectivity index (χ2n) is 8.59. The van der Waals surface area contributed by atoms with E-state index >= 15 is 0 Å². The Kier molecular flexibility index (Phi) is 7.47. The third-order valence-electron chi connectivity index (χ3n) is 5.00. The Balaban J connectivity index is 1.73. The van der Waals surface area contributed by atoms with Crippen molar-refractivity contribution in [2.45, 2.75) is 33.2 Å². The van der Waals surface area contributed by atoms with Gasteiger partial charge in [0.25, 0.3) is 0 Å². The highest BCUT2D eigenvalue weighted by molar-refractivity contribution is 9.10. The standard InChI is InChI=1S/C20H32BrN3O/c1-20(2,15-23(3)4)14-22-19(25)17-9-11-24(12-10-17)13-16-5-7-18(21)8-6-16/h5-8,17H,9-15H2,1-4H3,(H,22,25)/p+2. The molecule has 0 bridgehead atoms. The van der Waals surface area contributed by atoms with Crippen LogP contribution in [0.2, 0.25) is 0 Å². The van der Waals surface area contributed by atoms with Gasteiger partial charge >= 0.3 is 0 Å². The highest BCUT2D eigenvalue weighted by Gasteiger charge is 2.29. The van der Waals surface area contributed by atoms with Crippen LogP contribution in [0.5, 0.6) is 0 Å². The van der Waals surface area contributed by atoms with Crippen molar-refractivity contribution in [3.8, 4) is 0 Å². The summed E-state index contributed by atoms with van der Waals surface area (Å²) in [6.07, 6.45) is 1.99. The minimum absolute atomic E-state index is 0.141. The Hall–Kier alpha value is -0.910. The number of amides is 1. The van der Waals surface area contributed by atoms with E-state index in [4.69, 9.17) is 0 Å². The second kappa shape index (κ2) is 9.15. The molecule has 0 aromatic heterocycles. The average Bonchev–Trinajstić information content (AvgIpc) is 2.54. The van der Waals surface area contributed by atoms with Gasteiger partial charge in [0.1, 0.15) is 6.54 Å². The number of piperidine rings is 1. The zero-order valence-electron chi connectivity index (χ0n) is 16.1. The molecule has 3 N–H and O–H groups in total. The van der Waals surface area contributed by atoms with Crippen LogP contribution in [0.15, 0.2) is 28.7 Å². The SMILES string of the molecule is C[NH+](C)CC(C)(C)CNC(=O)C1CC[NH+](Cc2ccc(Br)cc2)CC1. The molecule has 1 amide bonds. The summed E-state index contributed by atoms with van der Waals surface area (Å²) in [6.45, 7) is 9.50. The summed E-state index contributed by atoms with van der Waals surface area (Å²) in [6, 6.07) is 8.58. The first-order valence-electron chi connectivity index (χ1n) is 9.40. The Morgan fingerprint density at radius 1 is 1.24 bits per heavy atom. The summed E-state index contributed by atoms with van der Waals surface area (Å²) < 4.78 is 1.13. The number of benzene rings is 1. The molecule has 140 valence electrons. The third-order valence-corrected chi connectivity index (χ3v) is 5.53. The Bertz CT molecular complexity index is 549. The zero-order valence-corrected chi connectivity index (χ0v) is 17.7. The number of halogens is 1. The molecule has 25 heavy (non-hydrogen) atoms. The second-order valence-corrected chi connectivity index (χ2v) is 9.51. The molecule has 0 saturated carbocycles. The lowest BCUT2D eigenvalue weighted by Crippen LogP contribution is -3.11. The fourth-order valence-corrected chi connectivity index (χ4v) is 4.11. The number of hydrogen-bond donors (Lipinski definition) is 3. The van der Waals surface area contributed by atoms with Crippen LogP contribution >= 0.6 is 15.9 Å². The summed E-state index contributed by atoms with van der Waals surface area (Å²) >= 11 is 3.48. The van der Waals surface area contributed by atoms with Gasteiger partial charge in [-0.25, -0.2) is 0 Å². The molecule has 1 saturated heterocycles. The highest BCUT2D eigenvalue weighted by atomic mass is 79.9. The molecule has 2 rings (SSSR count). The minimum Gasteiger partial charge on any atom is -0.355 e. The van der Waals surface area contributed by atoms with Crippen LogP contribution in [-0.4, -0.2) is 46.2 Å². The first-order valence-corrected chi connectivity index (χ1v) is 10.2. The van der Waals surface area contributed by atoms with E-state index in [9.17, 15) is 4.79 Å². The van der Waals surface area contributed by atoms with Gasteiger partial charge in [0.05, 0.1) is 33.7 Å². The first kappa shape index (κ1) is 20.4. The van der Waals surface area contributed by atoms with E-state index < -0.39 is 0 Å². The molecule has 1 aromatic rings. The maximum Gasteiger partial charge on any atom is 0.223 e. The third kappa shape index (κ3) is 7.08. The molecule has 0 atom stereocenters. The number of carbonyl (C=O) groups excluding carboxylic acids is 1. The van der Waals surface area contributed by atoms with E-state index in [0.717, 1.165) is 50.0 Å². The van der Waals surface area contributed by atoms with E-state index in [0.29, 0.717) is 0 Å². The molecule has 0 unspecified atom stereocenters. The Morgan fingerprint density at radius 2 is 1.84 bits per heavy atom. The summed E-state index contributed by atoms with van der Waals surface area (Å²) in [7, 11) is 4.32. The molecule has 0 spiro atoms. The monoisotopic (exact) mass is 411 g/mol. The number of quaternary nitrogens is 2. The van der Waals surface area contributed by atoms with Gasteiger partial charge in [0.2, 0.25) is 5.91 Å². The lowest BCUT2D eigenvalue weighted by Gasteiger charge is -2.30. The van der Waals surface area contributed by atoms with Gasteiger partial charge < -0.3 is 15.1 Å². The van der Waals surface area contributed by atoms with Crippen LogP contribution in [0, 0.1) is 11.3 Å². The molecule has 1 aliphatic rings. The van der Waals surface area contributed by atoms with Crippen molar-refractivity contribution in [1.82, 2.24) is 5.32 Å². The van der Waals surface area contributed by atoms with Gasteiger partial charge in [-0.05, 0) is 12.1 Å². The Morgan fingerprint density at radius 3 is 2.40 bits per heavy atom. The Labute approximate surface area is 161 Å². The molecule has 1 aromatic carbocycles. The number of carbonyl (C=O) groups is 1. The fraction of sp³-hybridized carbons (Fsp3) is 0.650. The maximum atomic E-state index is 12.5. The summed E-state index contributed by atoms with van der Waals surface area (Å²) in [5.74, 6) is 0.445. The van der Waals surface area contributed by atoms with Crippen LogP contribution in [0.3, 0.4) is 0 Å². The normalized spacial score (nSPS) is 21.4. The molecule has 0 aliphatic carbocycles. The quantitative estimate of drug-likeness (QED) is 0.601. The van der Waals surface area contributed by atoms with Crippen molar-refractivity contribution in [3.63, 3.8) is 0 Å². The highest BCUT2D eigenvalue weighted by Crippen LogP contribution is 2.14. The van der Waals surface area contributed by atoms with Gasteiger partial charge in [-0.3, -0.25) is 4.79 Å². The topological polar surface area (TPSA) is 38.0 Å². The van der Waals surface area contributed by atoms with Crippen LogP contribution < -0.4 is 15.1 Å². The van der Waals surface area contributed by atoms with Crippen LogP contribution in [-0.2, 0) is 11.3 Å². The van der Waals surface area contributed by atoms with Gasteiger partial charge in [-0.15, -0.1) is 0 Å². The molecule has 1 aliphatic heterocycles. The van der Waals surface area contributed by atoms with Gasteiger partial charge in [0, 0.05) is 40.8 Å². The van der Waals surface area contributed by atoms with Crippen molar-refractivity contribution in [1.29, 1.82) is 0 Å². The van der Waals surface area contributed by atoms with E-state index in [-0.39, 0.29) is 17.2 Å². The molecule has 1 fully saturated rings. The molecule has 5 heteroatoms. The van der Waals surface area contributed by atoms with Crippen molar-refractivity contribution in [3.05, 3.63) is 34.3 Å². The number of nitrogens with one attached hydrogen (secondary N) is 3. The van der Waals surface area contributed by atoms with Gasteiger partial charge in [-0.1, -0.05) is 41.9 Å². The molecular weight excluding hydrogens is 378 g/mol. The molecule has 0 radical (unpaired) electrons. The predicted octanol–water partition coefficient (Wildman–Crippen LogP) is 0.531. The number of rotatable bonds is 7. The summed E-state index contributed by atoms with van der Waals surface area (Å²) in [4.78, 5) is 15.5. The predicted molar refractivity (Wildman–Crippen MR) is 106 cm³/mol. The van der Waals surface area contributed by atoms with Crippen LogP contribution in [0.1, 0.15) is 32.3 Å². The zero-order chi connectivity index (χ0) is 18.4. The van der Waals surface area contributed by atoms with Crippen molar-refractivity contribution >= 4 is 21.8 Å². The van der Waals surface area contributed by atoms with Crippen LogP contribution in [0.4, 0.5) is 0 Å². The lowest BCUT2D eigenvalue weighted by molar-refractivity contribution is -0.919. The van der Waals surface area contributed by atoms with Crippen molar-refractivity contribution < 1.29 is 14.6 Å². The maximum absolute atomic E-state index is 12.5. The van der Waals surface area contributed by atoms with Gasteiger partial charge in [-0.2, -0.15) is 0 Å². The fourth-order valence-electron chi connectivity index (χ4n) is 3.85. The summed E-state index contributed by atoms with van der Waals surface area (Å²) in [5.41, 5.74) is 1.51. The molecule has 1 heterocycles. The van der Waals surface area contributed by atoms with E-state index in [1.165, 1.54) is 10.5 Å². The molecule has 4 nitrogen and oxygen atoms in total. The number of hydrogen-bond acceptors (Lipinski definition) is 1. The van der Waals surface area contributed by atoms with Crippen molar-refractivity contribution in [2.75, 3.05) is 40.3 Å². The largest absolute Gasteiger partial charge is 0.355 e. The van der Waals surface area contributed by atoms with E-state index in [1.807, 2.05) is 0 Å². The first-order chi connectivity index (χ1) is 11.7. The average molecular weight is 412 g/mol. The number of likely N-dealkylation sites (tertiary alicyclic amines) is 1. The van der Waals surface area contributed by atoms with Crippen LogP contribution in [0.25, 0.3) is 0 Å². The van der Waals surface area contributed by atoms with E-state index in [1.54, 1.807) is 4.90 Å².